The van der Waals surface area contributed by atoms with Crippen LogP contribution in [0.2, 0.25) is 0 Å². The van der Waals surface area contributed by atoms with Gasteiger partial charge in [0.15, 0.2) is 0 Å². The zero-order valence-electron chi connectivity index (χ0n) is 19.5. The molecule has 0 amide bonds. The number of anilines is 1. The summed E-state index contributed by atoms with van der Waals surface area (Å²) in [5.74, 6) is 0. The Kier molecular flexibility index (Phi) is 3.74. The number of rotatable bonds is 1. The Morgan fingerprint density at radius 3 is 1.47 bits per heavy atom. The third kappa shape index (κ3) is 2.47. The van der Waals surface area contributed by atoms with E-state index in [0.29, 0.717) is 0 Å². The van der Waals surface area contributed by atoms with Crippen LogP contribution in [-0.4, -0.2) is 7.85 Å². The van der Waals surface area contributed by atoms with Gasteiger partial charge in [0.1, 0.15) is 7.85 Å². The SMILES string of the molecule is Bc1ccc2c(c1)C(C)(C)c1cc(-c3ccc4c(c3)C(C)(C)c3cc(N)ccc3-4)ccc1-2. The summed E-state index contributed by atoms with van der Waals surface area (Å²) in [6.45, 7) is 9.33. The van der Waals surface area contributed by atoms with Gasteiger partial charge in [-0.1, -0.05) is 81.7 Å². The third-order valence-corrected chi connectivity index (χ3v) is 7.86. The van der Waals surface area contributed by atoms with Crippen molar-refractivity contribution in [3.8, 4) is 33.4 Å². The number of hydrogen-bond acceptors (Lipinski definition) is 1. The van der Waals surface area contributed by atoms with Gasteiger partial charge in [-0.3, -0.25) is 0 Å². The summed E-state index contributed by atoms with van der Waals surface area (Å²) in [5, 5.41) is 0. The molecule has 0 atom stereocenters. The molecule has 2 heteroatoms. The predicted molar refractivity (Wildman–Crippen MR) is 140 cm³/mol. The van der Waals surface area contributed by atoms with Crippen LogP contribution in [-0.2, 0) is 10.8 Å². The normalized spacial score (nSPS) is 16.2. The fourth-order valence-electron chi connectivity index (χ4n) is 5.97. The highest BCUT2D eigenvalue weighted by molar-refractivity contribution is 6.32. The number of benzene rings is 4. The van der Waals surface area contributed by atoms with Gasteiger partial charge in [-0.25, -0.2) is 0 Å². The maximum absolute atomic E-state index is 6.13. The molecule has 0 radical (unpaired) electrons. The average molecular weight is 413 g/mol. The van der Waals surface area contributed by atoms with Crippen molar-refractivity contribution in [2.24, 2.45) is 0 Å². The van der Waals surface area contributed by atoms with Gasteiger partial charge in [0, 0.05) is 16.5 Å². The fraction of sp³-hybridized carbons (Fsp3) is 0.200. The van der Waals surface area contributed by atoms with E-state index in [9.17, 15) is 0 Å². The highest BCUT2D eigenvalue weighted by Gasteiger charge is 2.37. The monoisotopic (exact) mass is 413 g/mol. The van der Waals surface area contributed by atoms with Gasteiger partial charge in [-0.15, -0.1) is 0 Å². The fourth-order valence-corrected chi connectivity index (χ4v) is 5.97. The second kappa shape index (κ2) is 6.16. The molecule has 0 fully saturated rings. The lowest BCUT2D eigenvalue weighted by Gasteiger charge is -2.23. The average Bonchev–Trinajstić information content (AvgIpc) is 3.12. The third-order valence-electron chi connectivity index (χ3n) is 7.86. The summed E-state index contributed by atoms with van der Waals surface area (Å²) < 4.78 is 0. The van der Waals surface area contributed by atoms with Crippen molar-refractivity contribution in [2.45, 2.75) is 38.5 Å². The summed E-state index contributed by atoms with van der Waals surface area (Å²) >= 11 is 0. The van der Waals surface area contributed by atoms with Crippen LogP contribution in [0.3, 0.4) is 0 Å². The first-order chi connectivity index (χ1) is 15.2. The van der Waals surface area contributed by atoms with Crippen LogP contribution in [0.15, 0.2) is 72.8 Å². The zero-order chi connectivity index (χ0) is 22.4. The molecule has 2 N–H and O–H groups in total. The molecule has 2 aliphatic rings. The molecule has 4 aromatic rings. The predicted octanol–water partition coefficient (Wildman–Crippen LogP) is 5.81. The molecule has 0 heterocycles. The lowest BCUT2D eigenvalue weighted by Crippen LogP contribution is -2.17. The van der Waals surface area contributed by atoms with E-state index in [4.69, 9.17) is 5.73 Å². The number of nitrogen functional groups attached to an aromatic ring is 1. The molecular formula is C30H28BN. The second-order valence-electron chi connectivity index (χ2n) is 10.6. The molecule has 156 valence electrons. The van der Waals surface area contributed by atoms with Crippen LogP contribution >= 0.6 is 0 Å². The van der Waals surface area contributed by atoms with E-state index in [1.807, 2.05) is 6.07 Å². The van der Waals surface area contributed by atoms with Crippen LogP contribution in [0.25, 0.3) is 33.4 Å². The summed E-state index contributed by atoms with van der Waals surface area (Å²) in [6.07, 6.45) is 0. The van der Waals surface area contributed by atoms with Gasteiger partial charge in [-0.2, -0.15) is 0 Å². The first-order valence-electron chi connectivity index (χ1n) is 11.5. The Hall–Kier alpha value is -3.26. The second-order valence-corrected chi connectivity index (χ2v) is 10.6. The van der Waals surface area contributed by atoms with Crippen LogP contribution in [0.5, 0.6) is 0 Å². The van der Waals surface area contributed by atoms with Crippen LogP contribution in [0.1, 0.15) is 49.9 Å². The summed E-state index contributed by atoms with van der Waals surface area (Å²) in [6, 6.07) is 27.2. The van der Waals surface area contributed by atoms with Crippen molar-refractivity contribution in [3.05, 3.63) is 95.1 Å². The smallest absolute Gasteiger partial charge is 0.139 e. The zero-order valence-corrected chi connectivity index (χ0v) is 19.5. The van der Waals surface area contributed by atoms with Gasteiger partial charge in [-0.05, 0) is 79.9 Å². The van der Waals surface area contributed by atoms with E-state index in [1.54, 1.807) is 0 Å². The van der Waals surface area contributed by atoms with Crippen molar-refractivity contribution in [1.29, 1.82) is 0 Å². The summed E-state index contributed by atoms with van der Waals surface area (Å²) in [7, 11) is 2.18. The van der Waals surface area contributed by atoms with E-state index in [1.165, 1.54) is 61.1 Å². The van der Waals surface area contributed by atoms with Gasteiger partial charge >= 0.3 is 0 Å². The standard InChI is InChI=1S/C30H28BN/c1-29(2)25-13-17(5-9-21(25)23-11-7-19(31)15-27(23)29)18-6-10-22-24-12-8-20(32)16-28(24)30(3,4)26(22)14-18/h5-16H,31-32H2,1-4H3. The van der Waals surface area contributed by atoms with E-state index in [-0.39, 0.29) is 10.8 Å². The Balaban J connectivity index is 1.49. The van der Waals surface area contributed by atoms with Crippen LogP contribution in [0, 0.1) is 0 Å². The largest absolute Gasteiger partial charge is 0.399 e. The lowest BCUT2D eigenvalue weighted by atomic mass is 9.79. The van der Waals surface area contributed by atoms with E-state index < -0.39 is 0 Å². The van der Waals surface area contributed by atoms with Gasteiger partial charge in [0.2, 0.25) is 0 Å². The minimum absolute atomic E-state index is 0.0104. The number of fused-ring (bicyclic) bond motifs is 6. The highest BCUT2D eigenvalue weighted by atomic mass is 14.6. The van der Waals surface area contributed by atoms with Gasteiger partial charge < -0.3 is 5.73 Å². The molecule has 32 heavy (non-hydrogen) atoms. The minimum atomic E-state index is -0.0557. The minimum Gasteiger partial charge on any atom is -0.399 e. The topological polar surface area (TPSA) is 26.0 Å². The Bertz CT molecular complexity index is 1330. The molecule has 0 aromatic heterocycles. The molecule has 4 aromatic carbocycles. The van der Waals surface area contributed by atoms with Crippen LogP contribution in [0.4, 0.5) is 5.69 Å². The van der Waals surface area contributed by atoms with Crippen molar-refractivity contribution < 1.29 is 0 Å². The molecule has 0 spiro atoms. The molecule has 2 aliphatic carbocycles. The maximum atomic E-state index is 6.13. The molecule has 0 saturated carbocycles. The van der Waals surface area contributed by atoms with Crippen LogP contribution < -0.4 is 11.2 Å². The van der Waals surface area contributed by atoms with Gasteiger partial charge in [0.25, 0.3) is 0 Å². The lowest BCUT2D eigenvalue weighted by molar-refractivity contribution is 0.660. The summed E-state index contributed by atoms with van der Waals surface area (Å²) in [5.41, 5.74) is 21.8. The van der Waals surface area contributed by atoms with Crippen molar-refractivity contribution in [3.63, 3.8) is 0 Å². The van der Waals surface area contributed by atoms with Crippen molar-refractivity contribution in [2.75, 3.05) is 5.73 Å². The number of hydrogen-bond donors (Lipinski definition) is 1. The van der Waals surface area contributed by atoms with E-state index in [2.05, 4.69) is 102 Å². The molecule has 0 bridgehead atoms. The summed E-state index contributed by atoms with van der Waals surface area (Å²) in [4.78, 5) is 0. The molecular weight excluding hydrogens is 385 g/mol. The van der Waals surface area contributed by atoms with E-state index in [0.717, 1.165) is 5.69 Å². The van der Waals surface area contributed by atoms with Crippen molar-refractivity contribution >= 4 is 19.0 Å². The Labute approximate surface area is 191 Å². The van der Waals surface area contributed by atoms with Gasteiger partial charge in [0.05, 0.1) is 0 Å². The Morgan fingerprint density at radius 1 is 0.531 bits per heavy atom. The Morgan fingerprint density at radius 2 is 0.938 bits per heavy atom. The molecule has 1 nitrogen and oxygen atoms in total. The molecule has 6 rings (SSSR count). The molecule has 0 unspecified atom stereocenters. The first-order valence-corrected chi connectivity index (χ1v) is 11.5. The first kappa shape index (κ1) is 19.4. The number of nitrogens with two attached hydrogens (primary N) is 1. The van der Waals surface area contributed by atoms with Crippen molar-refractivity contribution in [1.82, 2.24) is 0 Å². The quantitative estimate of drug-likeness (QED) is 0.309. The molecule has 0 aliphatic heterocycles. The highest BCUT2D eigenvalue weighted by Crippen LogP contribution is 2.52. The van der Waals surface area contributed by atoms with E-state index >= 15 is 0 Å². The molecule has 0 saturated heterocycles. The maximum Gasteiger partial charge on any atom is 0.139 e.